The highest BCUT2D eigenvalue weighted by molar-refractivity contribution is 7.89. The first-order chi connectivity index (χ1) is 12.0. The predicted octanol–water partition coefficient (Wildman–Crippen LogP) is 2.22. The lowest BCUT2D eigenvalue weighted by Crippen LogP contribution is -2.53. The molecule has 1 aromatic carbocycles. The summed E-state index contributed by atoms with van der Waals surface area (Å²) in [5.74, 6) is 0.691. The largest absolute Gasteiger partial charge is 0.493 e. The summed E-state index contributed by atoms with van der Waals surface area (Å²) in [4.78, 5) is 12.9. The molecule has 1 saturated heterocycles. The molecule has 0 radical (unpaired) electrons. The zero-order chi connectivity index (χ0) is 17.9. The van der Waals surface area contributed by atoms with Crippen molar-refractivity contribution in [3.8, 4) is 5.75 Å². The predicted molar refractivity (Wildman–Crippen MR) is 95.9 cm³/mol. The average molecular weight is 366 g/mol. The molecule has 2 aliphatic rings. The molecule has 1 fully saturated rings. The first kappa shape index (κ1) is 18.2. The highest BCUT2D eigenvalue weighted by atomic mass is 32.2. The van der Waals surface area contributed by atoms with Crippen LogP contribution in [0.2, 0.25) is 0 Å². The summed E-state index contributed by atoms with van der Waals surface area (Å²) < 4.78 is 32.1. The van der Waals surface area contributed by atoms with E-state index in [2.05, 4.69) is 5.32 Å². The average Bonchev–Trinajstić information content (AvgIpc) is 2.62. The SMILES string of the molecule is CCCS(=O)(=O)N1CCCCC1C(=O)NC1CCOc2ccccc21. The molecule has 0 spiro atoms. The number of nitrogens with zero attached hydrogens (tertiary/aromatic N) is 1. The first-order valence-electron chi connectivity index (χ1n) is 9.04. The van der Waals surface area contributed by atoms with Crippen LogP contribution >= 0.6 is 0 Å². The highest BCUT2D eigenvalue weighted by Gasteiger charge is 2.37. The van der Waals surface area contributed by atoms with Gasteiger partial charge < -0.3 is 10.1 Å². The third-order valence-corrected chi connectivity index (χ3v) is 6.93. The number of ether oxygens (including phenoxy) is 1. The van der Waals surface area contributed by atoms with E-state index in [9.17, 15) is 13.2 Å². The smallest absolute Gasteiger partial charge is 0.238 e. The van der Waals surface area contributed by atoms with E-state index in [-0.39, 0.29) is 17.7 Å². The van der Waals surface area contributed by atoms with Crippen molar-refractivity contribution >= 4 is 15.9 Å². The van der Waals surface area contributed by atoms with Crippen molar-refractivity contribution in [1.82, 2.24) is 9.62 Å². The third-order valence-electron chi connectivity index (χ3n) is 4.85. The molecule has 3 rings (SSSR count). The molecule has 0 aromatic heterocycles. The number of fused-ring (bicyclic) bond motifs is 1. The van der Waals surface area contributed by atoms with Gasteiger partial charge in [0.1, 0.15) is 11.8 Å². The van der Waals surface area contributed by atoms with Gasteiger partial charge in [0.25, 0.3) is 0 Å². The van der Waals surface area contributed by atoms with Gasteiger partial charge in [0.2, 0.25) is 15.9 Å². The lowest BCUT2D eigenvalue weighted by Gasteiger charge is -2.35. The van der Waals surface area contributed by atoms with Crippen molar-refractivity contribution in [2.45, 2.75) is 51.1 Å². The molecule has 2 aliphatic heterocycles. The van der Waals surface area contributed by atoms with Crippen molar-refractivity contribution in [3.63, 3.8) is 0 Å². The Kier molecular flexibility index (Phi) is 5.64. The van der Waals surface area contributed by atoms with Crippen LogP contribution in [0.25, 0.3) is 0 Å². The number of benzene rings is 1. The number of piperidine rings is 1. The van der Waals surface area contributed by atoms with Crippen molar-refractivity contribution < 1.29 is 17.9 Å². The molecule has 1 amide bonds. The number of hydrogen-bond donors (Lipinski definition) is 1. The number of para-hydroxylation sites is 1. The zero-order valence-electron chi connectivity index (χ0n) is 14.6. The van der Waals surface area contributed by atoms with Crippen LogP contribution in [0.4, 0.5) is 0 Å². The number of rotatable bonds is 5. The topological polar surface area (TPSA) is 75.7 Å². The van der Waals surface area contributed by atoms with E-state index in [1.165, 1.54) is 4.31 Å². The minimum absolute atomic E-state index is 0.0941. The standard InChI is InChI=1S/C18H26N2O4S/c1-2-13-25(22,23)20-11-6-5-8-16(20)18(21)19-15-10-12-24-17-9-4-3-7-14(15)17/h3-4,7,9,15-16H,2,5-6,8,10-13H2,1H3,(H,19,21). The fourth-order valence-electron chi connectivity index (χ4n) is 3.64. The summed E-state index contributed by atoms with van der Waals surface area (Å²) in [6.45, 7) is 2.82. The second-order valence-corrected chi connectivity index (χ2v) is 8.72. The summed E-state index contributed by atoms with van der Waals surface area (Å²) in [5, 5.41) is 3.06. The first-order valence-corrected chi connectivity index (χ1v) is 10.7. The summed E-state index contributed by atoms with van der Waals surface area (Å²) in [7, 11) is -3.38. The normalized spacial score (nSPS) is 24.2. The number of carbonyl (C=O) groups is 1. The van der Waals surface area contributed by atoms with Gasteiger partial charge in [0.15, 0.2) is 0 Å². The van der Waals surface area contributed by atoms with Crippen LogP contribution in [0, 0.1) is 0 Å². The maximum Gasteiger partial charge on any atom is 0.238 e. The Labute approximate surface area is 149 Å². The monoisotopic (exact) mass is 366 g/mol. The molecule has 0 bridgehead atoms. The molecular formula is C18H26N2O4S. The number of hydrogen-bond acceptors (Lipinski definition) is 4. The van der Waals surface area contributed by atoms with Crippen LogP contribution in [-0.4, -0.2) is 43.6 Å². The fourth-order valence-corrected chi connectivity index (χ4v) is 5.38. The Morgan fingerprint density at radius 1 is 1.28 bits per heavy atom. The van der Waals surface area contributed by atoms with Gasteiger partial charge in [-0.25, -0.2) is 8.42 Å². The second kappa shape index (κ2) is 7.74. The van der Waals surface area contributed by atoms with Crippen LogP contribution in [0.3, 0.4) is 0 Å². The lowest BCUT2D eigenvalue weighted by molar-refractivity contribution is -0.126. The molecule has 25 heavy (non-hydrogen) atoms. The fraction of sp³-hybridized carbons (Fsp3) is 0.611. The Bertz CT molecular complexity index is 720. The van der Waals surface area contributed by atoms with Gasteiger partial charge in [-0.15, -0.1) is 0 Å². The number of nitrogens with one attached hydrogen (secondary N) is 1. The van der Waals surface area contributed by atoms with Gasteiger partial charge in [-0.05, 0) is 25.3 Å². The molecular weight excluding hydrogens is 340 g/mol. The molecule has 2 unspecified atom stereocenters. The van der Waals surface area contributed by atoms with Crippen LogP contribution in [0.5, 0.6) is 5.75 Å². The molecule has 1 aromatic rings. The van der Waals surface area contributed by atoms with Crippen molar-refractivity contribution in [1.29, 1.82) is 0 Å². The van der Waals surface area contributed by atoms with Gasteiger partial charge in [0.05, 0.1) is 18.4 Å². The number of sulfonamides is 1. The quantitative estimate of drug-likeness (QED) is 0.867. The van der Waals surface area contributed by atoms with E-state index in [1.807, 2.05) is 31.2 Å². The maximum absolute atomic E-state index is 12.9. The highest BCUT2D eigenvalue weighted by Crippen LogP contribution is 2.32. The summed E-state index contributed by atoms with van der Waals surface area (Å²) in [5.41, 5.74) is 0.959. The molecule has 2 heterocycles. The van der Waals surface area contributed by atoms with E-state index >= 15 is 0 Å². The molecule has 2 atom stereocenters. The molecule has 1 N–H and O–H groups in total. The van der Waals surface area contributed by atoms with Gasteiger partial charge in [-0.2, -0.15) is 4.31 Å². The van der Waals surface area contributed by atoms with Gasteiger partial charge >= 0.3 is 0 Å². The van der Waals surface area contributed by atoms with E-state index in [1.54, 1.807) is 0 Å². The Balaban J connectivity index is 1.76. The minimum atomic E-state index is -3.38. The van der Waals surface area contributed by atoms with E-state index in [4.69, 9.17) is 4.74 Å². The van der Waals surface area contributed by atoms with Gasteiger partial charge in [-0.3, -0.25) is 4.79 Å². The molecule has 0 saturated carbocycles. The summed E-state index contributed by atoms with van der Waals surface area (Å²) in [6.07, 6.45) is 3.52. The minimum Gasteiger partial charge on any atom is -0.493 e. The summed E-state index contributed by atoms with van der Waals surface area (Å²) in [6, 6.07) is 6.95. The number of carbonyl (C=O) groups excluding carboxylic acids is 1. The van der Waals surface area contributed by atoms with Crippen LogP contribution in [-0.2, 0) is 14.8 Å². The summed E-state index contributed by atoms with van der Waals surface area (Å²) >= 11 is 0. The maximum atomic E-state index is 12.9. The Morgan fingerprint density at radius 2 is 2.08 bits per heavy atom. The van der Waals surface area contributed by atoms with E-state index in [0.717, 1.165) is 24.2 Å². The molecule has 7 heteroatoms. The van der Waals surface area contributed by atoms with Crippen molar-refractivity contribution in [2.75, 3.05) is 18.9 Å². The molecule has 0 aliphatic carbocycles. The van der Waals surface area contributed by atoms with Crippen molar-refractivity contribution in [3.05, 3.63) is 29.8 Å². The number of amides is 1. The third kappa shape index (κ3) is 3.98. The lowest BCUT2D eigenvalue weighted by atomic mass is 9.99. The Morgan fingerprint density at radius 3 is 2.88 bits per heavy atom. The van der Waals surface area contributed by atoms with Gasteiger partial charge in [-0.1, -0.05) is 31.5 Å². The van der Waals surface area contributed by atoms with E-state index < -0.39 is 16.1 Å². The van der Waals surface area contributed by atoms with Crippen molar-refractivity contribution in [2.24, 2.45) is 0 Å². The zero-order valence-corrected chi connectivity index (χ0v) is 15.4. The van der Waals surface area contributed by atoms with Crippen LogP contribution < -0.4 is 10.1 Å². The van der Waals surface area contributed by atoms with Gasteiger partial charge in [0, 0.05) is 18.5 Å². The van der Waals surface area contributed by atoms with Crippen LogP contribution in [0.15, 0.2) is 24.3 Å². The Hall–Kier alpha value is -1.60. The molecule has 138 valence electrons. The van der Waals surface area contributed by atoms with E-state index in [0.29, 0.717) is 32.4 Å². The van der Waals surface area contributed by atoms with Crippen LogP contribution in [0.1, 0.15) is 50.6 Å². The second-order valence-electron chi connectivity index (χ2n) is 6.67. The molecule has 6 nitrogen and oxygen atoms in total.